The molecule has 1 atom stereocenters. The first-order valence-electron chi connectivity index (χ1n) is 12.0. The van der Waals surface area contributed by atoms with E-state index in [0.29, 0.717) is 13.1 Å². The van der Waals surface area contributed by atoms with Crippen LogP contribution in [0, 0.1) is 12.0 Å². The summed E-state index contributed by atoms with van der Waals surface area (Å²) in [5, 5.41) is 6.13. The predicted octanol–water partition coefficient (Wildman–Crippen LogP) is 3.44. The molecule has 1 aliphatic carbocycles. The average Bonchev–Trinajstić information content (AvgIpc) is 3.21. The molecule has 1 saturated heterocycles. The Morgan fingerprint density at radius 2 is 1.97 bits per heavy atom. The van der Waals surface area contributed by atoms with Crippen molar-refractivity contribution in [3.63, 3.8) is 0 Å². The van der Waals surface area contributed by atoms with Crippen LogP contribution in [-0.2, 0) is 22.4 Å². The van der Waals surface area contributed by atoms with Gasteiger partial charge in [0.15, 0.2) is 0 Å². The number of carbonyl (C=O) groups excluding carboxylic acids is 2. The lowest BCUT2D eigenvalue weighted by molar-refractivity contribution is -0.121. The first-order valence-corrected chi connectivity index (χ1v) is 12.0. The fourth-order valence-corrected chi connectivity index (χ4v) is 4.63. The number of fused-ring (bicyclic) bond motifs is 1. The third kappa shape index (κ3) is 6.56. The Balaban J connectivity index is 1.34. The zero-order chi connectivity index (χ0) is 24.1. The number of amides is 2. The fourth-order valence-electron chi connectivity index (χ4n) is 4.63. The number of pyridine rings is 1. The van der Waals surface area contributed by atoms with Crippen LogP contribution < -0.4 is 10.6 Å². The highest BCUT2D eigenvalue weighted by Gasteiger charge is 2.33. The van der Waals surface area contributed by atoms with E-state index in [1.807, 2.05) is 33.0 Å². The van der Waals surface area contributed by atoms with Crippen LogP contribution in [0.4, 0.5) is 4.79 Å². The maximum Gasteiger partial charge on any atom is 0.407 e. The van der Waals surface area contributed by atoms with Crippen LogP contribution >= 0.6 is 0 Å². The Bertz CT molecular complexity index is 989. The molecule has 2 N–H and O–H groups in total. The number of aryl methyl sites for hydroxylation is 1. The van der Waals surface area contributed by atoms with Crippen LogP contribution in [0.25, 0.3) is 0 Å². The number of alkyl carbamates (subject to hydrolysis) is 1. The summed E-state index contributed by atoms with van der Waals surface area (Å²) in [5.74, 6) is 1.14. The number of hydrogen-bond donors (Lipinski definition) is 2. The molecule has 1 unspecified atom stereocenters. The third-order valence-corrected chi connectivity index (χ3v) is 6.11. The van der Waals surface area contributed by atoms with Crippen LogP contribution in [0.15, 0.2) is 48.8 Å². The lowest BCUT2D eigenvalue weighted by Gasteiger charge is -2.33. The van der Waals surface area contributed by atoms with Gasteiger partial charge in [0.05, 0.1) is 12.6 Å². The topological polar surface area (TPSA) is 83.6 Å². The Morgan fingerprint density at radius 1 is 1.15 bits per heavy atom. The zero-order valence-corrected chi connectivity index (χ0v) is 20.3. The number of hydrogen-bond acceptors (Lipinski definition) is 5. The van der Waals surface area contributed by atoms with Gasteiger partial charge in [0.1, 0.15) is 5.60 Å². The number of nitrogens with zero attached hydrogens (tertiary/aromatic N) is 2. The van der Waals surface area contributed by atoms with E-state index >= 15 is 0 Å². The number of ether oxygens (including phenoxy) is 1. The molecular formula is C27H34N4O3. The lowest BCUT2D eigenvalue weighted by Crippen LogP contribution is -2.43. The highest BCUT2D eigenvalue weighted by Crippen LogP contribution is 2.37. The molecule has 0 bridgehead atoms. The summed E-state index contributed by atoms with van der Waals surface area (Å²) >= 11 is 0. The summed E-state index contributed by atoms with van der Waals surface area (Å²) in [5.41, 5.74) is 3.12. The molecule has 2 heterocycles. The monoisotopic (exact) mass is 462 g/mol. The Labute approximate surface area is 202 Å². The highest BCUT2D eigenvalue weighted by molar-refractivity contribution is 5.80. The van der Waals surface area contributed by atoms with Gasteiger partial charge in [-0.05, 0) is 69.2 Å². The summed E-state index contributed by atoms with van der Waals surface area (Å²) in [6.45, 7) is 7.24. The van der Waals surface area contributed by atoms with Crippen molar-refractivity contribution >= 4 is 12.0 Å². The van der Waals surface area contributed by atoms with Crippen LogP contribution in [0.5, 0.6) is 0 Å². The zero-order valence-electron chi connectivity index (χ0n) is 20.3. The van der Waals surface area contributed by atoms with Gasteiger partial charge in [-0.15, -0.1) is 0 Å². The fraction of sp³-hybridized carbons (Fsp3) is 0.444. The smallest absolute Gasteiger partial charge is 0.407 e. The van der Waals surface area contributed by atoms with Crippen molar-refractivity contribution in [2.75, 3.05) is 19.6 Å². The Morgan fingerprint density at radius 3 is 2.74 bits per heavy atom. The first kappa shape index (κ1) is 24.2. The van der Waals surface area contributed by atoms with E-state index in [0.717, 1.165) is 49.8 Å². The van der Waals surface area contributed by atoms with Crippen LogP contribution in [0.2, 0.25) is 0 Å². The molecular weight excluding hydrogens is 428 g/mol. The minimum absolute atomic E-state index is 0.00966. The largest absolute Gasteiger partial charge is 0.444 e. The summed E-state index contributed by atoms with van der Waals surface area (Å²) in [6.07, 6.45) is 6.49. The maximum atomic E-state index is 13.0. The maximum absolute atomic E-state index is 13.0. The molecule has 2 amide bonds. The van der Waals surface area contributed by atoms with Crippen molar-refractivity contribution in [3.05, 3.63) is 77.4 Å². The van der Waals surface area contributed by atoms with Crippen LogP contribution in [0.1, 0.15) is 50.3 Å². The number of carbonyl (C=O) groups is 2. The molecule has 1 aliphatic heterocycles. The molecule has 1 fully saturated rings. The van der Waals surface area contributed by atoms with Gasteiger partial charge in [0.2, 0.25) is 5.91 Å². The molecule has 34 heavy (non-hydrogen) atoms. The molecule has 4 rings (SSSR count). The van der Waals surface area contributed by atoms with E-state index in [1.54, 1.807) is 6.20 Å². The summed E-state index contributed by atoms with van der Waals surface area (Å²) in [4.78, 5) is 31.4. The molecule has 7 heteroatoms. The van der Waals surface area contributed by atoms with Gasteiger partial charge in [-0.25, -0.2) is 4.79 Å². The number of aromatic nitrogens is 1. The Kier molecular flexibility index (Phi) is 7.51. The van der Waals surface area contributed by atoms with Gasteiger partial charge >= 0.3 is 6.09 Å². The lowest BCUT2D eigenvalue weighted by atomic mass is 9.76. The van der Waals surface area contributed by atoms with Gasteiger partial charge in [-0.2, -0.15) is 0 Å². The van der Waals surface area contributed by atoms with Crippen molar-refractivity contribution in [1.29, 1.82) is 0 Å². The normalized spacial score (nSPS) is 19.4. The van der Waals surface area contributed by atoms with Gasteiger partial charge in [0, 0.05) is 37.4 Å². The second-order valence-electron chi connectivity index (χ2n) is 10.1. The van der Waals surface area contributed by atoms with E-state index in [-0.39, 0.29) is 11.9 Å². The number of likely N-dealkylation sites (tertiary alicyclic amines) is 1. The average molecular weight is 463 g/mol. The van der Waals surface area contributed by atoms with E-state index < -0.39 is 11.7 Å². The molecule has 2 aliphatic rings. The molecule has 0 saturated carbocycles. The second kappa shape index (κ2) is 10.6. The minimum Gasteiger partial charge on any atom is -0.444 e. The molecule has 2 aromatic rings. The SMILES string of the molecule is CC(C)(C)OC(=O)NC1CCN(CC(=O)N[C]2CCc3ccccc3[C]2Cc2cccnc2)C1. The van der Waals surface area contributed by atoms with Gasteiger partial charge in [0.25, 0.3) is 0 Å². The molecule has 7 nitrogen and oxygen atoms in total. The van der Waals surface area contributed by atoms with Gasteiger partial charge in [-0.3, -0.25) is 14.7 Å². The van der Waals surface area contributed by atoms with Crippen molar-refractivity contribution < 1.29 is 14.3 Å². The molecule has 2 radical (unpaired) electrons. The van der Waals surface area contributed by atoms with Crippen LogP contribution in [0.3, 0.4) is 0 Å². The highest BCUT2D eigenvalue weighted by atomic mass is 16.6. The summed E-state index contributed by atoms with van der Waals surface area (Å²) in [7, 11) is 0. The van der Waals surface area contributed by atoms with Gasteiger partial charge in [-0.1, -0.05) is 30.3 Å². The van der Waals surface area contributed by atoms with Crippen molar-refractivity contribution in [2.45, 2.75) is 58.1 Å². The molecule has 1 aromatic heterocycles. The molecule has 1 aromatic carbocycles. The molecule has 180 valence electrons. The van der Waals surface area contributed by atoms with Gasteiger partial charge < -0.3 is 15.4 Å². The second-order valence-corrected chi connectivity index (χ2v) is 10.1. The van der Waals surface area contributed by atoms with E-state index in [4.69, 9.17) is 4.74 Å². The summed E-state index contributed by atoms with van der Waals surface area (Å²) < 4.78 is 5.35. The number of benzene rings is 1. The minimum atomic E-state index is -0.526. The quantitative estimate of drug-likeness (QED) is 0.687. The third-order valence-electron chi connectivity index (χ3n) is 6.11. The first-order chi connectivity index (χ1) is 16.3. The van der Waals surface area contributed by atoms with Crippen molar-refractivity contribution in [3.8, 4) is 0 Å². The van der Waals surface area contributed by atoms with E-state index in [2.05, 4.69) is 50.8 Å². The standard InChI is InChI=1S/C27H34N4O3/c1-27(2,3)34-26(33)29-21-12-14-31(17-21)18-25(32)30-24-11-10-20-8-4-5-9-22(20)23(24)15-19-7-6-13-28-16-19/h4-9,13,16,21H,10-12,14-15,17-18H2,1-3H3,(H,29,33)(H,30,32). The van der Waals surface area contributed by atoms with E-state index in [1.165, 1.54) is 11.1 Å². The van der Waals surface area contributed by atoms with Crippen molar-refractivity contribution in [1.82, 2.24) is 20.5 Å². The predicted molar refractivity (Wildman–Crippen MR) is 131 cm³/mol. The van der Waals surface area contributed by atoms with E-state index in [9.17, 15) is 9.59 Å². The summed E-state index contributed by atoms with van der Waals surface area (Å²) in [6, 6.07) is 13.4. The number of rotatable bonds is 6. The molecule has 0 spiro atoms. The van der Waals surface area contributed by atoms with Crippen molar-refractivity contribution in [2.24, 2.45) is 0 Å². The number of nitrogens with one attached hydrogen (secondary N) is 2. The Hall–Kier alpha value is -2.93. The van der Waals surface area contributed by atoms with Crippen LogP contribution in [-0.4, -0.2) is 53.2 Å².